The highest BCUT2D eigenvalue weighted by atomic mass is 16.5. The number of carbonyl (C=O) groups excluding carboxylic acids is 2. The lowest BCUT2D eigenvalue weighted by atomic mass is 10.00. The van der Waals surface area contributed by atoms with Gasteiger partial charge in [0.05, 0.1) is 5.92 Å². The van der Waals surface area contributed by atoms with Gasteiger partial charge in [0.1, 0.15) is 11.4 Å². The zero-order valence-corrected chi connectivity index (χ0v) is 13.5. The van der Waals surface area contributed by atoms with Crippen LogP contribution < -0.4 is 4.74 Å². The van der Waals surface area contributed by atoms with Gasteiger partial charge in [-0.2, -0.15) is 0 Å². The van der Waals surface area contributed by atoms with Gasteiger partial charge in [-0.05, 0) is 44.5 Å². The second-order valence-electron chi connectivity index (χ2n) is 6.13. The monoisotopic (exact) mass is 302 g/mol. The molecule has 22 heavy (non-hydrogen) atoms. The van der Waals surface area contributed by atoms with Crippen molar-refractivity contribution in [3.05, 3.63) is 35.4 Å². The number of hydrogen-bond acceptors (Lipinski definition) is 4. The van der Waals surface area contributed by atoms with Crippen molar-refractivity contribution in [1.29, 1.82) is 0 Å². The Morgan fingerprint density at radius 1 is 1.32 bits per heavy atom. The number of carbonyl (C=O) groups is 2. The Morgan fingerprint density at radius 3 is 2.73 bits per heavy atom. The molecule has 0 bridgehead atoms. The molecule has 2 rings (SSSR count). The van der Waals surface area contributed by atoms with Gasteiger partial charge in [0, 0.05) is 11.1 Å². The standard InChI is InChI=1S/C18H22O4/c1-5-12(2)17(20)21-11-15(19)13-6-7-16-14(10-13)8-9-18(3,4)22-16/h6-10,12H,5,11H2,1-4H3/t12-/m1/s1. The third-order valence-corrected chi connectivity index (χ3v) is 3.73. The van der Waals surface area contributed by atoms with Crippen molar-refractivity contribution in [2.45, 2.75) is 39.7 Å². The van der Waals surface area contributed by atoms with E-state index in [1.165, 1.54) is 0 Å². The Bertz CT molecular complexity index is 614. The smallest absolute Gasteiger partial charge is 0.309 e. The Labute approximate surface area is 131 Å². The molecule has 0 saturated heterocycles. The van der Waals surface area contributed by atoms with Crippen LogP contribution in [0.15, 0.2) is 24.3 Å². The predicted molar refractivity (Wildman–Crippen MR) is 84.9 cm³/mol. The maximum Gasteiger partial charge on any atom is 0.309 e. The molecule has 4 heteroatoms. The van der Waals surface area contributed by atoms with E-state index in [1.807, 2.05) is 32.9 Å². The molecule has 1 aromatic rings. The quantitative estimate of drug-likeness (QED) is 0.615. The summed E-state index contributed by atoms with van der Waals surface area (Å²) in [6.07, 6.45) is 4.59. The van der Waals surface area contributed by atoms with Crippen molar-refractivity contribution in [2.24, 2.45) is 5.92 Å². The van der Waals surface area contributed by atoms with Gasteiger partial charge in [-0.3, -0.25) is 9.59 Å². The number of Topliss-reactive ketones (excluding diaryl/α,β-unsaturated/α-hetero) is 1. The minimum absolute atomic E-state index is 0.185. The van der Waals surface area contributed by atoms with Gasteiger partial charge in [0.2, 0.25) is 0 Å². The molecule has 1 heterocycles. The third kappa shape index (κ3) is 3.75. The summed E-state index contributed by atoms with van der Waals surface area (Å²) >= 11 is 0. The Kier molecular flexibility index (Phi) is 4.69. The molecule has 0 spiro atoms. The Morgan fingerprint density at radius 2 is 2.05 bits per heavy atom. The van der Waals surface area contributed by atoms with Crippen LogP contribution in [0.2, 0.25) is 0 Å². The predicted octanol–water partition coefficient (Wildman–Crippen LogP) is 3.64. The van der Waals surface area contributed by atoms with Gasteiger partial charge in [-0.1, -0.05) is 19.9 Å². The van der Waals surface area contributed by atoms with Gasteiger partial charge in [-0.15, -0.1) is 0 Å². The van der Waals surface area contributed by atoms with Crippen molar-refractivity contribution in [2.75, 3.05) is 6.61 Å². The number of rotatable bonds is 5. The lowest BCUT2D eigenvalue weighted by Crippen LogP contribution is -2.27. The molecular formula is C18H22O4. The fraction of sp³-hybridized carbons (Fsp3) is 0.444. The molecule has 0 aliphatic carbocycles. The molecule has 118 valence electrons. The molecule has 1 aliphatic heterocycles. The molecule has 0 fully saturated rings. The number of esters is 1. The van der Waals surface area contributed by atoms with Crippen LogP contribution in [-0.4, -0.2) is 24.0 Å². The molecule has 0 unspecified atom stereocenters. The molecule has 0 radical (unpaired) electrons. The van der Waals surface area contributed by atoms with Crippen LogP contribution >= 0.6 is 0 Å². The van der Waals surface area contributed by atoms with Crippen LogP contribution in [0.4, 0.5) is 0 Å². The fourth-order valence-electron chi connectivity index (χ4n) is 2.08. The summed E-state index contributed by atoms with van der Waals surface area (Å²) in [5, 5.41) is 0. The summed E-state index contributed by atoms with van der Waals surface area (Å²) in [5.74, 6) is 0.0204. The molecule has 0 N–H and O–H groups in total. The summed E-state index contributed by atoms with van der Waals surface area (Å²) in [6, 6.07) is 5.25. The zero-order chi connectivity index (χ0) is 16.3. The van der Waals surface area contributed by atoms with Gasteiger partial charge in [0.25, 0.3) is 0 Å². The molecule has 0 amide bonds. The summed E-state index contributed by atoms with van der Waals surface area (Å²) < 4.78 is 10.9. The zero-order valence-electron chi connectivity index (χ0n) is 13.5. The van der Waals surface area contributed by atoms with E-state index in [2.05, 4.69) is 0 Å². The van der Waals surface area contributed by atoms with Gasteiger partial charge in [-0.25, -0.2) is 0 Å². The fourth-order valence-corrected chi connectivity index (χ4v) is 2.08. The van der Waals surface area contributed by atoms with Crippen LogP contribution in [-0.2, 0) is 9.53 Å². The van der Waals surface area contributed by atoms with E-state index in [1.54, 1.807) is 25.1 Å². The second kappa shape index (κ2) is 6.34. The maximum absolute atomic E-state index is 12.1. The largest absolute Gasteiger partial charge is 0.483 e. The minimum atomic E-state index is -0.343. The first kappa shape index (κ1) is 16.3. The molecule has 1 aliphatic rings. The molecule has 0 saturated carbocycles. The first-order valence-electron chi connectivity index (χ1n) is 7.54. The van der Waals surface area contributed by atoms with Gasteiger partial charge >= 0.3 is 5.97 Å². The van der Waals surface area contributed by atoms with Gasteiger partial charge in [0.15, 0.2) is 12.4 Å². The number of ketones is 1. The number of ether oxygens (including phenoxy) is 2. The summed E-state index contributed by atoms with van der Waals surface area (Å²) in [5.41, 5.74) is 1.03. The van der Waals surface area contributed by atoms with Gasteiger partial charge < -0.3 is 9.47 Å². The van der Waals surface area contributed by atoms with Crippen molar-refractivity contribution in [3.63, 3.8) is 0 Å². The highest BCUT2D eigenvalue weighted by Gasteiger charge is 2.22. The number of fused-ring (bicyclic) bond motifs is 1. The average Bonchev–Trinajstić information content (AvgIpc) is 2.50. The van der Waals surface area contributed by atoms with Crippen LogP contribution in [0.25, 0.3) is 6.08 Å². The minimum Gasteiger partial charge on any atom is -0.483 e. The van der Waals surface area contributed by atoms with Crippen molar-refractivity contribution in [3.8, 4) is 5.75 Å². The maximum atomic E-state index is 12.1. The van der Waals surface area contributed by atoms with Crippen LogP contribution in [0, 0.1) is 5.92 Å². The first-order valence-corrected chi connectivity index (χ1v) is 7.54. The summed E-state index contributed by atoms with van der Waals surface area (Å²) in [6.45, 7) is 7.42. The summed E-state index contributed by atoms with van der Waals surface area (Å²) in [4.78, 5) is 23.7. The van der Waals surface area contributed by atoms with Crippen molar-refractivity contribution < 1.29 is 19.1 Å². The highest BCUT2D eigenvalue weighted by Crippen LogP contribution is 2.31. The Balaban J connectivity index is 2.05. The van der Waals surface area contributed by atoms with Crippen LogP contribution in [0.5, 0.6) is 5.75 Å². The van der Waals surface area contributed by atoms with E-state index < -0.39 is 0 Å². The molecule has 4 nitrogen and oxygen atoms in total. The molecule has 0 aromatic heterocycles. The van der Waals surface area contributed by atoms with Crippen LogP contribution in [0.1, 0.15) is 50.0 Å². The number of hydrogen-bond donors (Lipinski definition) is 0. The SMILES string of the molecule is CC[C@@H](C)C(=O)OCC(=O)c1ccc2c(c1)C=CC(C)(C)O2. The summed E-state index contributed by atoms with van der Waals surface area (Å²) in [7, 11) is 0. The lowest BCUT2D eigenvalue weighted by molar-refractivity contribution is -0.146. The van der Waals surface area contributed by atoms with E-state index in [0.717, 1.165) is 11.3 Å². The lowest BCUT2D eigenvalue weighted by Gasteiger charge is -2.27. The molecule has 1 atom stereocenters. The first-order chi connectivity index (χ1) is 10.3. The topological polar surface area (TPSA) is 52.6 Å². The van der Waals surface area contributed by atoms with Crippen molar-refractivity contribution >= 4 is 17.8 Å². The third-order valence-electron chi connectivity index (χ3n) is 3.73. The second-order valence-corrected chi connectivity index (χ2v) is 6.13. The molecular weight excluding hydrogens is 280 g/mol. The average molecular weight is 302 g/mol. The highest BCUT2D eigenvalue weighted by molar-refractivity contribution is 5.98. The van der Waals surface area contributed by atoms with E-state index >= 15 is 0 Å². The van der Waals surface area contributed by atoms with E-state index in [-0.39, 0.29) is 29.9 Å². The van der Waals surface area contributed by atoms with Crippen LogP contribution in [0.3, 0.4) is 0 Å². The van der Waals surface area contributed by atoms with E-state index in [4.69, 9.17) is 9.47 Å². The molecule has 1 aromatic carbocycles. The van der Waals surface area contributed by atoms with E-state index in [0.29, 0.717) is 12.0 Å². The number of benzene rings is 1. The van der Waals surface area contributed by atoms with E-state index in [9.17, 15) is 9.59 Å². The van der Waals surface area contributed by atoms with Crippen molar-refractivity contribution in [1.82, 2.24) is 0 Å². The Hall–Kier alpha value is -2.10. The normalized spacial score (nSPS) is 16.4.